The van der Waals surface area contributed by atoms with Crippen LogP contribution in [0.4, 0.5) is 5.69 Å². The minimum atomic E-state index is -0.475. The first kappa shape index (κ1) is 21.0. The van der Waals surface area contributed by atoms with E-state index in [2.05, 4.69) is 10.6 Å². The van der Waals surface area contributed by atoms with Crippen molar-refractivity contribution in [3.05, 3.63) is 59.7 Å². The van der Waals surface area contributed by atoms with Gasteiger partial charge in [0.1, 0.15) is 5.75 Å². The molecule has 7 nitrogen and oxygen atoms in total. The largest absolute Gasteiger partial charge is 0.494 e. The first-order valence-electron chi connectivity index (χ1n) is 9.01. The lowest BCUT2D eigenvalue weighted by molar-refractivity contribution is -0.147. The Morgan fingerprint density at radius 1 is 1.04 bits per heavy atom. The first-order valence-corrected chi connectivity index (χ1v) is 9.01. The molecule has 0 radical (unpaired) electrons. The molecule has 0 aromatic heterocycles. The predicted molar refractivity (Wildman–Crippen MR) is 105 cm³/mol. The van der Waals surface area contributed by atoms with Crippen LogP contribution in [0.5, 0.6) is 5.75 Å². The summed E-state index contributed by atoms with van der Waals surface area (Å²) in [5, 5.41) is 5.11. The topological polar surface area (TPSA) is 93.7 Å². The normalized spacial score (nSPS) is 10.1. The van der Waals surface area contributed by atoms with Crippen LogP contribution >= 0.6 is 0 Å². The van der Waals surface area contributed by atoms with Crippen molar-refractivity contribution < 1.29 is 23.9 Å². The Bertz CT molecular complexity index is 835. The summed E-state index contributed by atoms with van der Waals surface area (Å²) < 4.78 is 10.5. The van der Waals surface area contributed by atoms with E-state index >= 15 is 0 Å². The molecule has 2 aromatic rings. The summed E-state index contributed by atoms with van der Waals surface area (Å²) in [5.41, 5.74) is 1.79. The van der Waals surface area contributed by atoms with Crippen LogP contribution in [0.3, 0.4) is 0 Å². The van der Waals surface area contributed by atoms with Crippen LogP contribution in [0, 0.1) is 0 Å². The van der Waals surface area contributed by atoms with Gasteiger partial charge in [0.25, 0.3) is 11.8 Å². The molecule has 0 aliphatic heterocycles. The van der Waals surface area contributed by atoms with Crippen LogP contribution in [0.25, 0.3) is 0 Å². The number of amides is 2. The fraction of sp³-hybridized carbons (Fsp3) is 0.286. The van der Waals surface area contributed by atoms with Crippen LogP contribution in [-0.4, -0.2) is 38.0 Å². The lowest BCUT2D eigenvalue weighted by atomic mass is 10.1. The second kappa shape index (κ2) is 10.7. The molecule has 2 aromatic carbocycles. The second-order valence-corrected chi connectivity index (χ2v) is 5.91. The minimum absolute atomic E-state index is 0.142. The van der Waals surface area contributed by atoms with E-state index in [1.807, 2.05) is 31.2 Å². The van der Waals surface area contributed by atoms with Gasteiger partial charge >= 0.3 is 5.97 Å². The molecule has 0 saturated carbocycles. The number of ether oxygens (including phenoxy) is 2. The number of hydrogen-bond donors (Lipinski definition) is 2. The van der Waals surface area contributed by atoms with Gasteiger partial charge in [-0.1, -0.05) is 24.3 Å². The number of rotatable bonds is 9. The average molecular weight is 384 g/mol. The van der Waals surface area contributed by atoms with E-state index in [1.165, 1.54) is 7.05 Å². The number of esters is 1. The molecule has 0 aliphatic rings. The molecular formula is C21H24N2O5. The summed E-state index contributed by atoms with van der Waals surface area (Å²) >= 11 is 0. The number of carbonyl (C=O) groups is 3. The molecule has 2 N–H and O–H groups in total. The van der Waals surface area contributed by atoms with Crippen molar-refractivity contribution in [1.29, 1.82) is 0 Å². The molecule has 0 aliphatic carbocycles. The van der Waals surface area contributed by atoms with Gasteiger partial charge in [-0.05, 0) is 43.2 Å². The number of anilines is 1. The van der Waals surface area contributed by atoms with Crippen LogP contribution in [0.1, 0.15) is 29.3 Å². The number of carbonyl (C=O) groups excluding carboxylic acids is 3. The third kappa shape index (κ3) is 6.42. The Hall–Kier alpha value is -3.35. The Balaban J connectivity index is 1.80. The van der Waals surface area contributed by atoms with Crippen LogP contribution in [0.15, 0.2) is 48.5 Å². The molecule has 7 heteroatoms. The summed E-state index contributed by atoms with van der Waals surface area (Å²) in [4.78, 5) is 35.5. The monoisotopic (exact) mass is 384 g/mol. The molecule has 148 valence electrons. The number of aryl methyl sites for hydroxylation is 1. The molecule has 0 saturated heterocycles. The summed E-state index contributed by atoms with van der Waals surface area (Å²) in [6.45, 7) is 2.05. The highest BCUT2D eigenvalue weighted by molar-refractivity contribution is 5.97. The quantitative estimate of drug-likeness (QED) is 0.648. The number of para-hydroxylation sites is 1. The maximum atomic E-state index is 12.0. The van der Waals surface area contributed by atoms with Gasteiger partial charge in [0.05, 0.1) is 6.61 Å². The maximum absolute atomic E-state index is 12.0. The fourth-order valence-electron chi connectivity index (χ4n) is 2.54. The maximum Gasteiger partial charge on any atom is 0.306 e. The van der Waals surface area contributed by atoms with E-state index < -0.39 is 18.5 Å². The smallest absolute Gasteiger partial charge is 0.306 e. The molecule has 0 spiro atoms. The van der Waals surface area contributed by atoms with Gasteiger partial charge in [-0.25, -0.2) is 0 Å². The molecule has 2 rings (SSSR count). The first-order chi connectivity index (χ1) is 13.5. The molecule has 0 fully saturated rings. The van der Waals surface area contributed by atoms with Crippen molar-refractivity contribution in [2.45, 2.75) is 19.8 Å². The predicted octanol–water partition coefficient (Wildman–Crippen LogP) is 2.56. The Morgan fingerprint density at radius 2 is 1.82 bits per heavy atom. The third-order valence-corrected chi connectivity index (χ3v) is 3.87. The van der Waals surface area contributed by atoms with E-state index in [0.717, 1.165) is 11.3 Å². The van der Waals surface area contributed by atoms with Crippen molar-refractivity contribution in [3.63, 3.8) is 0 Å². The fourth-order valence-corrected chi connectivity index (χ4v) is 2.54. The molecule has 0 unspecified atom stereocenters. The zero-order valence-electron chi connectivity index (χ0n) is 16.0. The zero-order chi connectivity index (χ0) is 20.4. The average Bonchev–Trinajstić information content (AvgIpc) is 2.71. The number of hydrogen-bond acceptors (Lipinski definition) is 5. The van der Waals surface area contributed by atoms with Crippen molar-refractivity contribution >= 4 is 23.5 Å². The Morgan fingerprint density at radius 3 is 2.57 bits per heavy atom. The lowest BCUT2D eigenvalue weighted by Gasteiger charge is -2.10. The van der Waals surface area contributed by atoms with E-state index in [0.29, 0.717) is 24.3 Å². The highest BCUT2D eigenvalue weighted by atomic mass is 16.5. The SMILES string of the molecule is CCOc1ccccc1CCC(=O)OCC(=O)Nc1cccc(C(=O)NC)c1. The lowest BCUT2D eigenvalue weighted by Crippen LogP contribution is -2.22. The van der Waals surface area contributed by atoms with E-state index in [4.69, 9.17) is 9.47 Å². The van der Waals surface area contributed by atoms with Gasteiger partial charge in [-0.3, -0.25) is 14.4 Å². The molecule has 0 bridgehead atoms. The van der Waals surface area contributed by atoms with Gasteiger partial charge in [0.2, 0.25) is 0 Å². The number of benzene rings is 2. The van der Waals surface area contributed by atoms with Gasteiger partial charge < -0.3 is 20.1 Å². The van der Waals surface area contributed by atoms with Crippen LogP contribution in [-0.2, 0) is 20.7 Å². The van der Waals surface area contributed by atoms with Gasteiger partial charge in [-0.15, -0.1) is 0 Å². The Kier molecular flexibility index (Phi) is 8.02. The zero-order valence-corrected chi connectivity index (χ0v) is 16.0. The molecule has 0 heterocycles. The summed E-state index contributed by atoms with van der Waals surface area (Å²) in [7, 11) is 1.53. The van der Waals surface area contributed by atoms with Gasteiger partial charge in [0, 0.05) is 24.7 Å². The highest BCUT2D eigenvalue weighted by Crippen LogP contribution is 2.19. The molecule has 28 heavy (non-hydrogen) atoms. The van der Waals surface area contributed by atoms with Crippen molar-refractivity contribution in [2.75, 3.05) is 25.6 Å². The second-order valence-electron chi connectivity index (χ2n) is 5.91. The number of nitrogens with one attached hydrogen (secondary N) is 2. The Labute approximate surface area is 164 Å². The van der Waals surface area contributed by atoms with Crippen LogP contribution < -0.4 is 15.4 Å². The summed E-state index contributed by atoms with van der Waals surface area (Å²) in [5.74, 6) is -0.459. The van der Waals surface area contributed by atoms with E-state index in [1.54, 1.807) is 24.3 Å². The molecule has 0 atom stereocenters. The minimum Gasteiger partial charge on any atom is -0.494 e. The van der Waals surface area contributed by atoms with E-state index in [-0.39, 0.29) is 12.3 Å². The third-order valence-electron chi connectivity index (χ3n) is 3.87. The molecular weight excluding hydrogens is 360 g/mol. The summed E-state index contributed by atoms with van der Waals surface area (Å²) in [6, 6.07) is 14.0. The van der Waals surface area contributed by atoms with Gasteiger partial charge in [-0.2, -0.15) is 0 Å². The van der Waals surface area contributed by atoms with Gasteiger partial charge in [0.15, 0.2) is 6.61 Å². The summed E-state index contributed by atoms with van der Waals surface area (Å²) in [6.07, 6.45) is 0.605. The van der Waals surface area contributed by atoms with Crippen molar-refractivity contribution in [2.24, 2.45) is 0 Å². The van der Waals surface area contributed by atoms with Crippen LogP contribution in [0.2, 0.25) is 0 Å². The standard InChI is InChI=1S/C21H24N2O5/c1-3-27-18-10-5-4-7-15(18)11-12-20(25)28-14-19(24)23-17-9-6-8-16(13-17)21(26)22-2/h4-10,13H,3,11-12,14H2,1-2H3,(H,22,26)(H,23,24). The van der Waals surface area contributed by atoms with Crippen molar-refractivity contribution in [1.82, 2.24) is 5.32 Å². The molecule has 2 amide bonds. The van der Waals surface area contributed by atoms with Crippen molar-refractivity contribution in [3.8, 4) is 5.75 Å². The van der Waals surface area contributed by atoms with E-state index in [9.17, 15) is 14.4 Å². The highest BCUT2D eigenvalue weighted by Gasteiger charge is 2.11.